The molecule has 0 aliphatic heterocycles. The average molecular weight is 219 g/mol. The van der Waals surface area contributed by atoms with Crippen LogP contribution in [0.5, 0.6) is 0 Å². The highest BCUT2D eigenvalue weighted by atomic mass is 19.1. The van der Waals surface area contributed by atoms with Gasteiger partial charge in [0, 0.05) is 11.6 Å². The van der Waals surface area contributed by atoms with E-state index in [1.165, 1.54) is 25.1 Å². The molecule has 4 heteroatoms. The predicted molar refractivity (Wildman–Crippen MR) is 58.8 cm³/mol. The van der Waals surface area contributed by atoms with Gasteiger partial charge in [0.2, 0.25) is 0 Å². The number of hydrogen-bond acceptors (Lipinski definition) is 2. The monoisotopic (exact) mass is 219 g/mol. The molecular weight excluding hydrogens is 205 g/mol. The van der Waals surface area contributed by atoms with Crippen molar-refractivity contribution >= 4 is 5.65 Å². The normalized spacial score (nSPS) is 19.4. The van der Waals surface area contributed by atoms with Crippen LogP contribution < -0.4 is 0 Å². The van der Waals surface area contributed by atoms with E-state index in [4.69, 9.17) is 0 Å². The Morgan fingerprint density at radius 3 is 2.75 bits per heavy atom. The van der Waals surface area contributed by atoms with Gasteiger partial charge in [-0.05, 0) is 25.0 Å². The fraction of sp³-hybridized carbons (Fsp3) is 0.500. The van der Waals surface area contributed by atoms with Gasteiger partial charge in [0.05, 0.1) is 0 Å². The third kappa shape index (κ3) is 1.32. The molecule has 1 fully saturated rings. The van der Waals surface area contributed by atoms with E-state index in [1.54, 1.807) is 10.5 Å². The molecule has 0 N–H and O–H groups in total. The second kappa shape index (κ2) is 3.27. The van der Waals surface area contributed by atoms with Gasteiger partial charge in [0.25, 0.3) is 0 Å². The lowest BCUT2D eigenvalue weighted by Gasteiger charge is -2.20. The zero-order valence-electron chi connectivity index (χ0n) is 9.28. The minimum Gasteiger partial charge on any atom is -0.283 e. The molecule has 2 heterocycles. The minimum absolute atomic E-state index is 0.0627. The smallest absolute Gasteiger partial charge is 0.160 e. The van der Waals surface area contributed by atoms with E-state index in [0.29, 0.717) is 0 Å². The van der Waals surface area contributed by atoms with Crippen molar-refractivity contribution in [1.29, 1.82) is 0 Å². The van der Waals surface area contributed by atoms with Crippen LogP contribution in [0.2, 0.25) is 0 Å². The molecule has 84 valence electrons. The first-order chi connectivity index (χ1) is 7.69. The molecule has 1 saturated carbocycles. The average Bonchev–Trinajstić information content (AvgIpc) is 2.84. The molecule has 2 aromatic rings. The summed E-state index contributed by atoms with van der Waals surface area (Å²) in [6.45, 7) is 2.20. The molecule has 0 aromatic carbocycles. The van der Waals surface area contributed by atoms with E-state index >= 15 is 0 Å². The van der Waals surface area contributed by atoms with Crippen LogP contribution in [0.25, 0.3) is 5.65 Å². The van der Waals surface area contributed by atoms with Gasteiger partial charge in [-0.1, -0.05) is 19.8 Å². The molecule has 0 spiro atoms. The number of pyridine rings is 1. The molecule has 2 aromatic heterocycles. The van der Waals surface area contributed by atoms with Gasteiger partial charge in [-0.2, -0.15) is 0 Å². The molecule has 0 radical (unpaired) electrons. The fourth-order valence-electron chi connectivity index (χ4n) is 2.66. The molecule has 1 aliphatic rings. The molecule has 0 bridgehead atoms. The molecule has 0 amide bonds. The summed E-state index contributed by atoms with van der Waals surface area (Å²) >= 11 is 0. The third-order valence-electron chi connectivity index (χ3n) is 3.61. The lowest BCUT2D eigenvalue weighted by Crippen LogP contribution is -2.20. The zero-order valence-corrected chi connectivity index (χ0v) is 9.28. The molecule has 3 nitrogen and oxygen atoms in total. The first kappa shape index (κ1) is 9.75. The van der Waals surface area contributed by atoms with E-state index in [-0.39, 0.29) is 11.2 Å². The maximum Gasteiger partial charge on any atom is 0.160 e. The Labute approximate surface area is 93.3 Å². The van der Waals surface area contributed by atoms with Crippen LogP contribution in [0.1, 0.15) is 38.4 Å². The summed E-state index contributed by atoms with van der Waals surface area (Å²) in [5.74, 6) is 0.662. The van der Waals surface area contributed by atoms with Crippen LogP contribution in [0, 0.1) is 5.82 Å². The van der Waals surface area contributed by atoms with Crippen LogP contribution >= 0.6 is 0 Å². The molecule has 0 saturated heterocycles. The molecule has 0 unspecified atom stereocenters. The lowest BCUT2D eigenvalue weighted by molar-refractivity contribution is 0.452. The Morgan fingerprint density at radius 2 is 2.00 bits per heavy atom. The number of fused-ring (bicyclic) bond motifs is 1. The van der Waals surface area contributed by atoms with Crippen molar-refractivity contribution in [3.63, 3.8) is 0 Å². The van der Waals surface area contributed by atoms with Crippen LogP contribution in [-0.4, -0.2) is 14.6 Å². The largest absolute Gasteiger partial charge is 0.283 e. The summed E-state index contributed by atoms with van der Waals surface area (Å²) in [6, 6.07) is 3.09. The van der Waals surface area contributed by atoms with Crippen LogP contribution in [0.15, 0.2) is 18.3 Å². The van der Waals surface area contributed by atoms with Crippen molar-refractivity contribution in [2.45, 2.75) is 38.0 Å². The maximum absolute atomic E-state index is 13.2. The highest BCUT2D eigenvalue weighted by Crippen LogP contribution is 2.39. The summed E-state index contributed by atoms with van der Waals surface area (Å²) in [4.78, 5) is 0. The topological polar surface area (TPSA) is 30.2 Å². The van der Waals surface area contributed by atoms with E-state index in [2.05, 4.69) is 17.1 Å². The highest BCUT2D eigenvalue weighted by Gasteiger charge is 2.34. The van der Waals surface area contributed by atoms with Crippen molar-refractivity contribution in [1.82, 2.24) is 14.6 Å². The summed E-state index contributed by atoms with van der Waals surface area (Å²) in [6.07, 6.45) is 6.16. The van der Waals surface area contributed by atoms with Crippen molar-refractivity contribution in [3.8, 4) is 0 Å². The van der Waals surface area contributed by atoms with E-state index in [0.717, 1.165) is 24.3 Å². The quantitative estimate of drug-likeness (QED) is 0.738. The van der Waals surface area contributed by atoms with E-state index in [9.17, 15) is 4.39 Å². The summed E-state index contributed by atoms with van der Waals surface area (Å²) < 4.78 is 15.0. The third-order valence-corrected chi connectivity index (χ3v) is 3.61. The maximum atomic E-state index is 13.2. The van der Waals surface area contributed by atoms with E-state index in [1.807, 2.05) is 0 Å². The van der Waals surface area contributed by atoms with Crippen molar-refractivity contribution in [2.24, 2.45) is 0 Å². The second-order valence-corrected chi connectivity index (χ2v) is 4.87. The number of halogens is 1. The SMILES string of the molecule is CC1(c2nnc3ccc(F)cn23)CCCC1. The summed E-state index contributed by atoms with van der Waals surface area (Å²) in [5.41, 5.74) is 0.789. The summed E-state index contributed by atoms with van der Waals surface area (Å²) in [7, 11) is 0. The Bertz CT molecular complexity index is 526. The Hall–Kier alpha value is -1.45. The molecule has 3 rings (SSSR count). The summed E-state index contributed by atoms with van der Waals surface area (Å²) in [5, 5.41) is 8.33. The Morgan fingerprint density at radius 1 is 1.25 bits per heavy atom. The van der Waals surface area contributed by atoms with Crippen LogP contribution in [-0.2, 0) is 5.41 Å². The van der Waals surface area contributed by atoms with Gasteiger partial charge in [-0.25, -0.2) is 4.39 Å². The highest BCUT2D eigenvalue weighted by molar-refractivity contribution is 5.39. The van der Waals surface area contributed by atoms with Crippen molar-refractivity contribution in [3.05, 3.63) is 30.0 Å². The van der Waals surface area contributed by atoms with Crippen LogP contribution in [0.4, 0.5) is 4.39 Å². The van der Waals surface area contributed by atoms with E-state index < -0.39 is 0 Å². The standard InChI is InChI=1S/C12H14FN3/c1-12(6-2-3-7-12)11-15-14-10-5-4-9(13)8-16(10)11/h4-5,8H,2-3,6-7H2,1H3. The molecule has 16 heavy (non-hydrogen) atoms. The predicted octanol–water partition coefficient (Wildman–Crippen LogP) is 2.70. The number of rotatable bonds is 1. The van der Waals surface area contributed by atoms with Gasteiger partial charge in [-0.3, -0.25) is 4.40 Å². The fourth-order valence-corrected chi connectivity index (χ4v) is 2.66. The minimum atomic E-state index is -0.241. The van der Waals surface area contributed by atoms with Gasteiger partial charge < -0.3 is 0 Å². The van der Waals surface area contributed by atoms with Crippen molar-refractivity contribution in [2.75, 3.05) is 0 Å². The molecule has 1 aliphatic carbocycles. The zero-order chi connectivity index (χ0) is 11.2. The van der Waals surface area contributed by atoms with Gasteiger partial charge in [0.15, 0.2) is 5.65 Å². The second-order valence-electron chi connectivity index (χ2n) is 4.87. The molecular formula is C12H14FN3. The lowest BCUT2D eigenvalue weighted by atomic mass is 9.88. The first-order valence-electron chi connectivity index (χ1n) is 5.70. The van der Waals surface area contributed by atoms with Crippen molar-refractivity contribution < 1.29 is 4.39 Å². The number of hydrogen-bond donors (Lipinski definition) is 0. The Balaban J connectivity index is 2.19. The Kier molecular flexibility index (Phi) is 1.99. The number of aromatic nitrogens is 3. The number of nitrogens with zero attached hydrogens (tertiary/aromatic N) is 3. The van der Waals surface area contributed by atoms with Gasteiger partial charge >= 0.3 is 0 Å². The van der Waals surface area contributed by atoms with Gasteiger partial charge in [-0.15, -0.1) is 10.2 Å². The van der Waals surface area contributed by atoms with Gasteiger partial charge in [0.1, 0.15) is 11.6 Å². The first-order valence-corrected chi connectivity index (χ1v) is 5.70. The molecule has 0 atom stereocenters. The van der Waals surface area contributed by atoms with Crippen LogP contribution in [0.3, 0.4) is 0 Å².